The van der Waals surface area contributed by atoms with Crippen molar-refractivity contribution in [1.82, 2.24) is 0 Å². The zero-order chi connectivity index (χ0) is 14.5. The van der Waals surface area contributed by atoms with Crippen LogP contribution in [0.1, 0.15) is 22.6 Å². The number of nitriles is 1. The summed E-state index contributed by atoms with van der Waals surface area (Å²) >= 11 is 0. The second kappa shape index (κ2) is 6.21. The van der Waals surface area contributed by atoms with Crippen molar-refractivity contribution in [3.05, 3.63) is 65.0 Å². The maximum Gasteiger partial charge on any atom is 0.126 e. The smallest absolute Gasteiger partial charge is 0.126 e. The van der Waals surface area contributed by atoms with Gasteiger partial charge in [0.2, 0.25) is 0 Å². The predicted molar refractivity (Wildman–Crippen MR) is 76.2 cm³/mol. The summed E-state index contributed by atoms with van der Waals surface area (Å²) in [6.45, 7) is 1.96. The molecule has 2 aromatic rings. The van der Waals surface area contributed by atoms with Crippen LogP contribution in [-0.4, -0.2) is 7.11 Å². The fourth-order valence-corrected chi connectivity index (χ4v) is 2.24. The molecule has 0 aliphatic carbocycles. The Bertz CT molecular complexity index is 646. The molecule has 102 valence electrons. The topological polar surface area (TPSA) is 33.0 Å². The maximum absolute atomic E-state index is 13.7. The molecule has 0 amide bonds. The van der Waals surface area contributed by atoms with Gasteiger partial charge in [-0.3, -0.25) is 0 Å². The first-order valence-corrected chi connectivity index (χ1v) is 6.43. The highest BCUT2D eigenvalue weighted by Gasteiger charge is 2.18. The highest BCUT2D eigenvalue weighted by Crippen LogP contribution is 2.30. The van der Waals surface area contributed by atoms with Gasteiger partial charge in [-0.1, -0.05) is 35.9 Å². The van der Waals surface area contributed by atoms with Crippen LogP contribution >= 0.6 is 0 Å². The summed E-state index contributed by atoms with van der Waals surface area (Å²) in [5.74, 6) is -0.0420. The number of rotatable bonds is 4. The van der Waals surface area contributed by atoms with Gasteiger partial charge in [-0.15, -0.1) is 0 Å². The van der Waals surface area contributed by atoms with Crippen LogP contribution in [0.3, 0.4) is 0 Å². The third-order valence-corrected chi connectivity index (χ3v) is 3.30. The maximum atomic E-state index is 13.7. The highest BCUT2D eigenvalue weighted by atomic mass is 19.1. The lowest BCUT2D eigenvalue weighted by atomic mass is 9.91. The molecule has 0 aliphatic heterocycles. The molecule has 1 unspecified atom stereocenters. The standard InChI is InChI=1S/C17H16FNO/c1-12-7-8-17(20-2)15(9-12)14(11-19)10-13-5-3-4-6-16(13)18/h3-9,14H,10H2,1-2H3. The first-order chi connectivity index (χ1) is 9.65. The van der Waals surface area contributed by atoms with E-state index in [-0.39, 0.29) is 5.82 Å². The van der Waals surface area contributed by atoms with Gasteiger partial charge < -0.3 is 4.74 Å². The first-order valence-electron chi connectivity index (χ1n) is 6.43. The summed E-state index contributed by atoms with van der Waals surface area (Å²) in [6.07, 6.45) is 0.336. The summed E-state index contributed by atoms with van der Waals surface area (Å²) in [6, 6.07) is 14.5. The van der Waals surface area contributed by atoms with E-state index in [1.165, 1.54) is 6.07 Å². The second-order valence-electron chi connectivity index (χ2n) is 4.72. The number of aryl methyl sites for hydroxylation is 1. The molecule has 0 heterocycles. The van der Waals surface area contributed by atoms with E-state index in [1.54, 1.807) is 25.3 Å². The van der Waals surface area contributed by atoms with Crippen molar-refractivity contribution in [2.45, 2.75) is 19.3 Å². The summed E-state index contributed by atoms with van der Waals surface area (Å²) in [4.78, 5) is 0. The van der Waals surface area contributed by atoms with Crippen molar-refractivity contribution < 1.29 is 9.13 Å². The van der Waals surface area contributed by atoms with Crippen molar-refractivity contribution in [2.24, 2.45) is 0 Å². The van der Waals surface area contributed by atoms with Crippen molar-refractivity contribution in [3.63, 3.8) is 0 Å². The molecule has 0 N–H and O–H groups in total. The van der Waals surface area contributed by atoms with Gasteiger partial charge in [-0.2, -0.15) is 5.26 Å². The quantitative estimate of drug-likeness (QED) is 0.840. The Morgan fingerprint density at radius 1 is 1.25 bits per heavy atom. The van der Waals surface area contributed by atoms with Crippen LogP contribution in [0.25, 0.3) is 0 Å². The van der Waals surface area contributed by atoms with Gasteiger partial charge >= 0.3 is 0 Å². The van der Waals surface area contributed by atoms with Gasteiger partial charge in [0.25, 0.3) is 0 Å². The molecule has 0 saturated carbocycles. The van der Waals surface area contributed by atoms with E-state index >= 15 is 0 Å². The molecule has 2 nitrogen and oxygen atoms in total. The van der Waals surface area contributed by atoms with Crippen molar-refractivity contribution >= 4 is 0 Å². The number of ether oxygens (including phenoxy) is 1. The minimum absolute atomic E-state index is 0.278. The van der Waals surface area contributed by atoms with Gasteiger partial charge in [-0.05, 0) is 31.0 Å². The van der Waals surface area contributed by atoms with Gasteiger partial charge in [-0.25, -0.2) is 4.39 Å². The lowest BCUT2D eigenvalue weighted by Crippen LogP contribution is -2.05. The van der Waals surface area contributed by atoms with E-state index in [0.29, 0.717) is 17.7 Å². The number of nitrogens with zero attached hydrogens (tertiary/aromatic N) is 1. The van der Waals surface area contributed by atoms with Crippen molar-refractivity contribution in [3.8, 4) is 11.8 Å². The van der Waals surface area contributed by atoms with E-state index in [2.05, 4.69) is 6.07 Å². The molecule has 0 aliphatic rings. The van der Waals surface area contributed by atoms with Crippen LogP contribution in [-0.2, 0) is 6.42 Å². The summed E-state index contributed by atoms with van der Waals surface area (Å²) < 4.78 is 19.0. The van der Waals surface area contributed by atoms with Crippen LogP contribution < -0.4 is 4.74 Å². The third-order valence-electron chi connectivity index (χ3n) is 3.30. The average molecular weight is 269 g/mol. The third kappa shape index (κ3) is 2.97. The summed E-state index contributed by atoms with van der Waals surface area (Å²) in [7, 11) is 1.58. The zero-order valence-corrected chi connectivity index (χ0v) is 11.6. The van der Waals surface area contributed by atoms with Crippen molar-refractivity contribution in [1.29, 1.82) is 5.26 Å². The van der Waals surface area contributed by atoms with Crippen LogP contribution in [0.5, 0.6) is 5.75 Å². The van der Waals surface area contributed by atoms with Crippen LogP contribution in [0.4, 0.5) is 4.39 Å². The lowest BCUT2D eigenvalue weighted by molar-refractivity contribution is 0.407. The van der Waals surface area contributed by atoms with Gasteiger partial charge in [0.05, 0.1) is 19.1 Å². The zero-order valence-electron chi connectivity index (χ0n) is 11.6. The minimum atomic E-state index is -0.429. The molecular weight excluding hydrogens is 253 g/mol. The predicted octanol–water partition coefficient (Wildman–Crippen LogP) is 3.99. The number of hydrogen-bond donors (Lipinski definition) is 0. The fourth-order valence-electron chi connectivity index (χ4n) is 2.24. The summed E-state index contributed by atoms with van der Waals surface area (Å²) in [5.41, 5.74) is 2.40. The molecule has 0 aromatic heterocycles. The van der Waals surface area contributed by atoms with E-state index < -0.39 is 5.92 Å². The lowest BCUT2D eigenvalue weighted by Gasteiger charge is -2.15. The number of benzene rings is 2. The highest BCUT2D eigenvalue weighted by molar-refractivity contribution is 5.43. The second-order valence-corrected chi connectivity index (χ2v) is 4.72. The molecule has 0 bridgehead atoms. The Hall–Kier alpha value is -2.34. The van der Waals surface area contributed by atoms with E-state index in [9.17, 15) is 9.65 Å². The van der Waals surface area contributed by atoms with Gasteiger partial charge in [0.1, 0.15) is 11.6 Å². The molecule has 1 atom stereocenters. The Morgan fingerprint density at radius 2 is 2.00 bits per heavy atom. The molecule has 20 heavy (non-hydrogen) atoms. The van der Waals surface area contributed by atoms with E-state index in [1.807, 2.05) is 25.1 Å². The van der Waals surface area contributed by atoms with Crippen LogP contribution in [0.2, 0.25) is 0 Å². The normalized spacial score (nSPS) is 11.7. The number of halogens is 1. The SMILES string of the molecule is COc1ccc(C)cc1C(C#N)Cc1ccccc1F. The monoisotopic (exact) mass is 269 g/mol. The molecule has 3 heteroatoms. The molecule has 0 spiro atoms. The van der Waals surface area contributed by atoms with Crippen LogP contribution in [0.15, 0.2) is 42.5 Å². The van der Waals surface area contributed by atoms with Crippen LogP contribution in [0, 0.1) is 24.1 Å². The van der Waals surface area contributed by atoms with Gasteiger partial charge in [0.15, 0.2) is 0 Å². The van der Waals surface area contributed by atoms with E-state index in [0.717, 1.165) is 11.1 Å². The Kier molecular flexibility index (Phi) is 4.37. The molecule has 2 rings (SSSR count). The Labute approximate surface area is 118 Å². The average Bonchev–Trinajstić information content (AvgIpc) is 2.46. The summed E-state index contributed by atoms with van der Waals surface area (Å²) in [5, 5.41) is 9.41. The fraction of sp³-hybridized carbons (Fsp3) is 0.235. The minimum Gasteiger partial charge on any atom is -0.496 e. The van der Waals surface area contributed by atoms with E-state index in [4.69, 9.17) is 4.74 Å². The molecule has 0 fully saturated rings. The Balaban J connectivity index is 2.37. The molecule has 0 saturated heterocycles. The molecule has 0 radical (unpaired) electrons. The van der Waals surface area contributed by atoms with Crippen molar-refractivity contribution in [2.75, 3.05) is 7.11 Å². The first kappa shape index (κ1) is 14.1. The van der Waals surface area contributed by atoms with Gasteiger partial charge in [0, 0.05) is 5.56 Å². The Morgan fingerprint density at radius 3 is 2.65 bits per heavy atom. The largest absolute Gasteiger partial charge is 0.496 e. The number of hydrogen-bond acceptors (Lipinski definition) is 2. The molecule has 2 aromatic carbocycles. The molecular formula is C17H16FNO. The number of methoxy groups -OCH3 is 1.